The molecular weight excluding hydrogens is 208 g/mol. The summed E-state index contributed by atoms with van der Waals surface area (Å²) in [5, 5.41) is 9.39. The maximum atomic E-state index is 9.39. The summed E-state index contributed by atoms with van der Waals surface area (Å²) >= 11 is 1.87. The van der Waals surface area contributed by atoms with E-state index < -0.39 is 0 Å². The molecule has 82 valence electrons. The molecule has 1 rings (SSSR count). The number of benzene rings is 1. The van der Waals surface area contributed by atoms with Crippen molar-refractivity contribution in [2.45, 2.75) is 6.92 Å². The first-order chi connectivity index (χ1) is 7.27. The lowest BCUT2D eigenvalue weighted by Crippen LogP contribution is -1.84. The van der Waals surface area contributed by atoms with E-state index in [1.165, 1.54) is 0 Å². The second kappa shape index (κ2) is 6.40. The van der Waals surface area contributed by atoms with Gasteiger partial charge in [0, 0.05) is 5.75 Å². The largest absolute Gasteiger partial charge is 0.504 e. The van der Waals surface area contributed by atoms with Crippen molar-refractivity contribution in [2.24, 2.45) is 0 Å². The minimum absolute atomic E-state index is 0.178. The Hall–Kier alpha value is -1.09. The molecule has 0 heterocycles. The first kappa shape index (κ1) is 12.0. The highest BCUT2D eigenvalue weighted by molar-refractivity contribution is 7.99. The fraction of sp³-hybridized carbons (Fsp3) is 0.333. The molecule has 0 fully saturated rings. The summed E-state index contributed by atoms with van der Waals surface area (Å²) in [6.45, 7) is 2.14. The summed E-state index contributed by atoms with van der Waals surface area (Å²) in [7, 11) is 1.55. The van der Waals surface area contributed by atoms with Crippen LogP contribution in [0.25, 0.3) is 6.08 Å². The van der Waals surface area contributed by atoms with Crippen molar-refractivity contribution in [2.75, 3.05) is 18.6 Å². The third-order valence-corrected chi connectivity index (χ3v) is 2.77. The molecule has 0 aliphatic carbocycles. The molecule has 0 saturated heterocycles. The Balaban J connectivity index is 2.65. The lowest BCUT2D eigenvalue weighted by Gasteiger charge is -2.03. The number of rotatable bonds is 5. The molecule has 1 aromatic rings. The van der Waals surface area contributed by atoms with Crippen LogP contribution in [0.5, 0.6) is 11.5 Å². The zero-order valence-electron chi connectivity index (χ0n) is 9.06. The van der Waals surface area contributed by atoms with Gasteiger partial charge in [-0.1, -0.05) is 25.1 Å². The summed E-state index contributed by atoms with van der Waals surface area (Å²) in [5.74, 6) is 2.83. The topological polar surface area (TPSA) is 29.5 Å². The zero-order chi connectivity index (χ0) is 11.1. The van der Waals surface area contributed by atoms with E-state index in [0.29, 0.717) is 5.75 Å². The number of hydrogen-bond acceptors (Lipinski definition) is 3. The average molecular weight is 224 g/mol. The van der Waals surface area contributed by atoms with Gasteiger partial charge < -0.3 is 9.84 Å². The quantitative estimate of drug-likeness (QED) is 0.779. The maximum absolute atomic E-state index is 9.39. The second-order valence-corrected chi connectivity index (χ2v) is 4.31. The highest BCUT2D eigenvalue weighted by Gasteiger charge is 1.99. The number of methoxy groups -OCH3 is 1. The molecule has 2 nitrogen and oxygen atoms in total. The van der Waals surface area contributed by atoms with E-state index in [0.717, 1.165) is 17.1 Å². The van der Waals surface area contributed by atoms with Crippen molar-refractivity contribution in [3.05, 3.63) is 29.8 Å². The van der Waals surface area contributed by atoms with Gasteiger partial charge in [0.1, 0.15) is 0 Å². The normalized spacial score (nSPS) is 10.8. The van der Waals surface area contributed by atoms with Crippen LogP contribution in [0.4, 0.5) is 0 Å². The molecule has 0 saturated carbocycles. The smallest absolute Gasteiger partial charge is 0.161 e. The molecule has 0 aliphatic rings. The Labute approximate surface area is 95.0 Å². The third-order valence-electron chi connectivity index (χ3n) is 1.93. The standard InChI is InChI=1S/C12H16O2S/c1-3-15-8-4-5-10-6-7-11(13)12(9-10)14-2/h4-7,9,13H,3,8H2,1-2H3/b5-4+. The Bertz CT molecular complexity index is 334. The lowest BCUT2D eigenvalue weighted by molar-refractivity contribution is 0.373. The van der Waals surface area contributed by atoms with E-state index in [1.807, 2.05) is 30.0 Å². The van der Waals surface area contributed by atoms with E-state index >= 15 is 0 Å². The number of hydrogen-bond donors (Lipinski definition) is 1. The van der Waals surface area contributed by atoms with E-state index in [2.05, 4.69) is 13.0 Å². The van der Waals surface area contributed by atoms with Crippen LogP contribution in [0.3, 0.4) is 0 Å². The number of phenols is 1. The SMILES string of the molecule is CCSC/C=C/c1ccc(O)c(OC)c1. The summed E-state index contributed by atoms with van der Waals surface area (Å²) in [6, 6.07) is 5.33. The Morgan fingerprint density at radius 1 is 1.47 bits per heavy atom. The Kier molecular flexibility index (Phi) is 5.12. The average Bonchev–Trinajstić information content (AvgIpc) is 2.26. The number of phenolic OH excluding ortho intramolecular Hbond substituents is 1. The van der Waals surface area contributed by atoms with E-state index in [1.54, 1.807) is 13.2 Å². The third kappa shape index (κ3) is 3.88. The van der Waals surface area contributed by atoms with Crippen LogP contribution in [0.2, 0.25) is 0 Å². The fourth-order valence-corrected chi connectivity index (χ4v) is 1.64. The summed E-state index contributed by atoms with van der Waals surface area (Å²) in [4.78, 5) is 0. The molecule has 3 heteroatoms. The molecule has 0 bridgehead atoms. The van der Waals surface area contributed by atoms with Gasteiger partial charge in [-0.2, -0.15) is 11.8 Å². The summed E-state index contributed by atoms with van der Waals surface area (Å²) in [5.41, 5.74) is 1.04. The lowest BCUT2D eigenvalue weighted by atomic mass is 10.2. The van der Waals surface area contributed by atoms with Gasteiger partial charge in [-0.15, -0.1) is 0 Å². The van der Waals surface area contributed by atoms with Crippen LogP contribution >= 0.6 is 11.8 Å². The van der Waals surface area contributed by atoms with E-state index in [-0.39, 0.29) is 5.75 Å². The molecule has 0 aliphatic heterocycles. The van der Waals surface area contributed by atoms with Gasteiger partial charge in [0.2, 0.25) is 0 Å². The molecule has 1 aromatic carbocycles. The minimum Gasteiger partial charge on any atom is -0.504 e. The maximum Gasteiger partial charge on any atom is 0.161 e. The molecule has 0 atom stereocenters. The fourth-order valence-electron chi connectivity index (χ4n) is 1.17. The van der Waals surface area contributed by atoms with Crippen molar-refractivity contribution < 1.29 is 9.84 Å². The van der Waals surface area contributed by atoms with Crippen LogP contribution < -0.4 is 4.74 Å². The van der Waals surface area contributed by atoms with Gasteiger partial charge in [-0.05, 0) is 23.4 Å². The van der Waals surface area contributed by atoms with Crippen LogP contribution in [-0.4, -0.2) is 23.7 Å². The summed E-state index contributed by atoms with van der Waals surface area (Å²) in [6.07, 6.45) is 4.14. The Morgan fingerprint density at radius 3 is 2.93 bits per heavy atom. The molecule has 15 heavy (non-hydrogen) atoms. The number of thioether (sulfide) groups is 1. The molecule has 0 aromatic heterocycles. The van der Waals surface area contributed by atoms with Crippen LogP contribution in [0.15, 0.2) is 24.3 Å². The predicted molar refractivity (Wildman–Crippen MR) is 66.7 cm³/mol. The van der Waals surface area contributed by atoms with E-state index in [9.17, 15) is 5.11 Å². The first-order valence-corrected chi connectivity index (χ1v) is 6.04. The van der Waals surface area contributed by atoms with Crippen LogP contribution in [0, 0.1) is 0 Å². The molecular formula is C12H16O2S. The second-order valence-electron chi connectivity index (χ2n) is 2.99. The van der Waals surface area contributed by atoms with Crippen LogP contribution in [0.1, 0.15) is 12.5 Å². The highest BCUT2D eigenvalue weighted by Crippen LogP contribution is 2.26. The predicted octanol–water partition coefficient (Wildman–Crippen LogP) is 3.17. The minimum atomic E-state index is 0.178. The molecule has 0 amide bonds. The van der Waals surface area contributed by atoms with Gasteiger partial charge in [0.05, 0.1) is 7.11 Å². The van der Waals surface area contributed by atoms with Crippen molar-refractivity contribution in [3.63, 3.8) is 0 Å². The summed E-state index contributed by atoms with van der Waals surface area (Å²) < 4.78 is 5.02. The zero-order valence-corrected chi connectivity index (χ0v) is 9.88. The monoisotopic (exact) mass is 224 g/mol. The molecule has 0 unspecified atom stereocenters. The van der Waals surface area contributed by atoms with E-state index in [4.69, 9.17) is 4.74 Å². The van der Waals surface area contributed by atoms with Crippen molar-refractivity contribution in [1.29, 1.82) is 0 Å². The van der Waals surface area contributed by atoms with Crippen molar-refractivity contribution >= 4 is 17.8 Å². The van der Waals surface area contributed by atoms with Crippen LogP contribution in [-0.2, 0) is 0 Å². The molecule has 0 spiro atoms. The Morgan fingerprint density at radius 2 is 2.27 bits per heavy atom. The number of ether oxygens (including phenoxy) is 1. The van der Waals surface area contributed by atoms with Gasteiger partial charge in [0.25, 0.3) is 0 Å². The molecule has 1 N–H and O–H groups in total. The first-order valence-electron chi connectivity index (χ1n) is 4.89. The highest BCUT2D eigenvalue weighted by atomic mass is 32.2. The van der Waals surface area contributed by atoms with Gasteiger partial charge >= 0.3 is 0 Å². The van der Waals surface area contributed by atoms with Crippen molar-refractivity contribution in [3.8, 4) is 11.5 Å². The van der Waals surface area contributed by atoms with Gasteiger partial charge in [-0.25, -0.2) is 0 Å². The number of aromatic hydroxyl groups is 1. The van der Waals surface area contributed by atoms with Gasteiger partial charge in [0.15, 0.2) is 11.5 Å². The molecule has 0 radical (unpaired) electrons. The van der Waals surface area contributed by atoms with Gasteiger partial charge in [-0.3, -0.25) is 0 Å². The van der Waals surface area contributed by atoms with Crippen molar-refractivity contribution in [1.82, 2.24) is 0 Å².